The molecular formula is C19H25N. The van der Waals surface area contributed by atoms with Crippen molar-refractivity contribution in [1.82, 2.24) is 5.32 Å². The molecule has 1 nitrogen and oxygen atoms in total. The molecule has 0 aliphatic heterocycles. The number of rotatable bonds is 5. The van der Waals surface area contributed by atoms with Crippen LogP contribution in [0.2, 0.25) is 0 Å². The number of hydrogen-bond donors (Lipinski definition) is 1. The average molecular weight is 267 g/mol. The van der Waals surface area contributed by atoms with Gasteiger partial charge >= 0.3 is 0 Å². The van der Waals surface area contributed by atoms with Crippen LogP contribution in [0.4, 0.5) is 0 Å². The number of hydrogen-bond acceptors (Lipinski definition) is 1. The highest BCUT2D eigenvalue weighted by atomic mass is 14.9. The van der Waals surface area contributed by atoms with Crippen molar-refractivity contribution in [2.75, 3.05) is 7.05 Å². The molecule has 0 fully saturated rings. The van der Waals surface area contributed by atoms with Crippen LogP contribution in [0.3, 0.4) is 0 Å². The van der Waals surface area contributed by atoms with E-state index in [0.717, 1.165) is 12.8 Å². The Bertz CT molecular complexity index is 557. The maximum absolute atomic E-state index is 3.48. The highest BCUT2D eigenvalue weighted by molar-refractivity contribution is 5.38. The van der Waals surface area contributed by atoms with E-state index in [1.54, 1.807) is 0 Å². The summed E-state index contributed by atoms with van der Waals surface area (Å²) in [7, 11) is 2.06. The van der Waals surface area contributed by atoms with Crippen LogP contribution in [0, 0.1) is 20.8 Å². The molecule has 1 heteroatoms. The molecule has 0 saturated heterocycles. The second-order valence-corrected chi connectivity index (χ2v) is 5.66. The summed E-state index contributed by atoms with van der Waals surface area (Å²) in [6.45, 7) is 6.60. The average Bonchev–Trinajstić information content (AvgIpc) is 2.46. The van der Waals surface area contributed by atoms with E-state index in [1.807, 2.05) is 0 Å². The molecule has 0 aromatic heterocycles. The predicted molar refractivity (Wildman–Crippen MR) is 87.2 cm³/mol. The summed E-state index contributed by atoms with van der Waals surface area (Å²) < 4.78 is 0. The van der Waals surface area contributed by atoms with Crippen LogP contribution in [0.25, 0.3) is 0 Å². The van der Waals surface area contributed by atoms with Crippen LogP contribution in [0.5, 0.6) is 0 Å². The smallest absolute Gasteiger partial charge is 0.0323 e. The van der Waals surface area contributed by atoms with E-state index >= 15 is 0 Å². The predicted octanol–water partition coefficient (Wildman–Crippen LogP) is 4.51. The first-order valence-electron chi connectivity index (χ1n) is 7.40. The van der Waals surface area contributed by atoms with Gasteiger partial charge < -0.3 is 5.32 Å². The fourth-order valence-electron chi connectivity index (χ4n) is 2.77. The minimum Gasteiger partial charge on any atom is -0.313 e. The lowest BCUT2D eigenvalue weighted by Gasteiger charge is -2.20. The topological polar surface area (TPSA) is 12.0 Å². The minimum absolute atomic E-state index is 0.425. The molecule has 1 N–H and O–H groups in total. The highest BCUT2D eigenvalue weighted by Crippen LogP contribution is 2.25. The Kier molecular flexibility index (Phi) is 4.97. The monoisotopic (exact) mass is 267 g/mol. The van der Waals surface area contributed by atoms with Crippen molar-refractivity contribution in [2.45, 2.75) is 39.7 Å². The Morgan fingerprint density at radius 2 is 1.55 bits per heavy atom. The standard InChI is InChI=1S/C19H25N/c1-14-12-16(3)18(13-15(14)2)19(20-4)11-10-17-8-6-5-7-9-17/h5-9,12-13,19-20H,10-11H2,1-4H3. The molecule has 1 atom stereocenters. The zero-order valence-electron chi connectivity index (χ0n) is 13.0. The molecule has 0 spiro atoms. The van der Waals surface area contributed by atoms with Crippen molar-refractivity contribution in [3.8, 4) is 0 Å². The van der Waals surface area contributed by atoms with Gasteiger partial charge in [0.05, 0.1) is 0 Å². The lowest BCUT2D eigenvalue weighted by molar-refractivity contribution is 0.546. The zero-order chi connectivity index (χ0) is 14.5. The quantitative estimate of drug-likeness (QED) is 0.840. The van der Waals surface area contributed by atoms with Gasteiger partial charge in [-0.2, -0.15) is 0 Å². The second-order valence-electron chi connectivity index (χ2n) is 5.66. The Hall–Kier alpha value is -1.60. The molecule has 2 rings (SSSR count). The molecule has 0 heterocycles. The van der Waals surface area contributed by atoms with E-state index in [4.69, 9.17) is 0 Å². The van der Waals surface area contributed by atoms with Gasteiger partial charge in [-0.1, -0.05) is 42.5 Å². The van der Waals surface area contributed by atoms with Crippen molar-refractivity contribution >= 4 is 0 Å². The van der Waals surface area contributed by atoms with Crippen LogP contribution in [-0.2, 0) is 6.42 Å². The van der Waals surface area contributed by atoms with E-state index < -0.39 is 0 Å². The van der Waals surface area contributed by atoms with Gasteiger partial charge in [-0.05, 0) is 68.5 Å². The van der Waals surface area contributed by atoms with Crippen molar-refractivity contribution in [3.05, 3.63) is 70.3 Å². The van der Waals surface area contributed by atoms with Crippen molar-refractivity contribution in [1.29, 1.82) is 0 Å². The minimum atomic E-state index is 0.425. The fourth-order valence-corrected chi connectivity index (χ4v) is 2.77. The molecule has 0 aliphatic carbocycles. The van der Waals surface area contributed by atoms with Crippen LogP contribution >= 0.6 is 0 Å². The van der Waals surface area contributed by atoms with Crippen molar-refractivity contribution in [2.24, 2.45) is 0 Å². The highest BCUT2D eigenvalue weighted by Gasteiger charge is 2.13. The summed E-state index contributed by atoms with van der Waals surface area (Å²) in [6, 6.07) is 15.8. The SMILES string of the molecule is CNC(CCc1ccccc1)c1cc(C)c(C)cc1C. The number of benzene rings is 2. The third-order valence-electron chi connectivity index (χ3n) is 4.17. The normalized spacial score (nSPS) is 12.4. The summed E-state index contributed by atoms with van der Waals surface area (Å²) in [6.07, 6.45) is 2.24. The van der Waals surface area contributed by atoms with Crippen LogP contribution < -0.4 is 5.32 Å². The molecule has 0 amide bonds. The molecule has 20 heavy (non-hydrogen) atoms. The first-order valence-corrected chi connectivity index (χ1v) is 7.40. The molecule has 0 radical (unpaired) electrons. The third kappa shape index (κ3) is 3.49. The van der Waals surface area contributed by atoms with Gasteiger partial charge in [0.2, 0.25) is 0 Å². The largest absolute Gasteiger partial charge is 0.313 e. The lowest BCUT2D eigenvalue weighted by Crippen LogP contribution is -2.18. The van der Waals surface area contributed by atoms with E-state index in [2.05, 4.69) is 75.6 Å². The Morgan fingerprint density at radius 3 is 2.20 bits per heavy atom. The molecule has 2 aromatic rings. The van der Waals surface area contributed by atoms with Crippen LogP contribution in [0.1, 0.15) is 40.3 Å². The maximum atomic E-state index is 3.48. The molecule has 0 saturated carbocycles. The van der Waals surface area contributed by atoms with E-state index in [9.17, 15) is 0 Å². The summed E-state index contributed by atoms with van der Waals surface area (Å²) in [5, 5.41) is 3.48. The summed E-state index contributed by atoms with van der Waals surface area (Å²) in [4.78, 5) is 0. The molecule has 0 aliphatic rings. The van der Waals surface area contributed by atoms with Crippen LogP contribution in [-0.4, -0.2) is 7.05 Å². The van der Waals surface area contributed by atoms with Gasteiger partial charge in [0.1, 0.15) is 0 Å². The Labute approximate surface area is 123 Å². The number of nitrogens with one attached hydrogen (secondary N) is 1. The first kappa shape index (κ1) is 14.8. The van der Waals surface area contributed by atoms with Crippen molar-refractivity contribution < 1.29 is 0 Å². The van der Waals surface area contributed by atoms with Crippen LogP contribution in [0.15, 0.2) is 42.5 Å². The van der Waals surface area contributed by atoms with Gasteiger partial charge in [-0.15, -0.1) is 0 Å². The maximum Gasteiger partial charge on any atom is 0.0323 e. The third-order valence-corrected chi connectivity index (χ3v) is 4.17. The number of aryl methyl sites for hydroxylation is 4. The second kappa shape index (κ2) is 6.71. The van der Waals surface area contributed by atoms with E-state index in [-0.39, 0.29) is 0 Å². The van der Waals surface area contributed by atoms with Gasteiger partial charge in [0, 0.05) is 6.04 Å². The lowest BCUT2D eigenvalue weighted by atomic mass is 9.92. The zero-order valence-corrected chi connectivity index (χ0v) is 13.0. The van der Waals surface area contributed by atoms with Crippen molar-refractivity contribution in [3.63, 3.8) is 0 Å². The summed E-state index contributed by atoms with van der Waals surface area (Å²) in [5.41, 5.74) is 7.00. The first-order chi connectivity index (χ1) is 9.61. The molecule has 1 unspecified atom stereocenters. The molecule has 0 bridgehead atoms. The van der Waals surface area contributed by atoms with Gasteiger partial charge in [-0.3, -0.25) is 0 Å². The summed E-state index contributed by atoms with van der Waals surface area (Å²) in [5.74, 6) is 0. The molecule has 106 valence electrons. The fraction of sp³-hybridized carbons (Fsp3) is 0.368. The van der Waals surface area contributed by atoms with E-state index in [1.165, 1.54) is 27.8 Å². The summed E-state index contributed by atoms with van der Waals surface area (Å²) >= 11 is 0. The van der Waals surface area contributed by atoms with Gasteiger partial charge in [-0.25, -0.2) is 0 Å². The molecular weight excluding hydrogens is 242 g/mol. The Balaban J connectivity index is 2.14. The Morgan fingerprint density at radius 1 is 0.900 bits per heavy atom. The van der Waals surface area contributed by atoms with Gasteiger partial charge in [0.25, 0.3) is 0 Å². The van der Waals surface area contributed by atoms with E-state index in [0.29, 0.717) is 6.04 Å². The van der Waals surface area contributed by atoms with Gasteiger partial charge in [0.15, 0.2) is 0 Å². The molecule has 2 aromatic carbocycles.